The van der Waals surface area contributed by atoms with Crippen molar-refractivity contribution < 1.29 is 9.00 Å². The van der Waals surface area contributed by atoms with Crippen molar-refractivity contribution in [2.75, 3.05) is 16.8 Å². The van der Waals surface area contributed by atoms with Crippen LogP contribution in [0, 0.1) is 6.92 Å². The minimum absolute atomic E-state index is 0.0652. The normalized spacial score (nSPS) is 13.0. The number of anilines is 2. The third-order valence-electron chi connectivity index (χ3n) is 3.07. The van der Waals surface area contributed by atoms with Crippen LogP contribution >= 0.6 is 0 Å². The zero-order valence-electron chi connectivity index (χ0n) is 12.7. The predicted octanol–water partition coefficient (Wildman–Crippen LogP) is 2.84. The van der Waals surface area contributed by atoms with E-state index in [9.17, 15) is 9.00 Å². The van der Waals surface area contributed by atoms with Gasteiger partial charge in [0.05, 0.1) is 0 Å². The Morgan fingerprint density at radius 1 is 1.35 bits per heavy atom. The minimum Gasteiger partial charge on any atom is -0.398 e. The molecule has 0 heterocycles. The molecule has 0 fully saturated rings. The number of hydrogen-bond donors (Lipinski definition) is 2. The van der Waals surface area contributed by atoms with E-state index in [0.29, 0.717) is 24.3 Å². The highest BCUT2D eigenvalue weighted by Crippen LogP contribution is 2.20. The molecule has 112 valence electrons. The molecular formula is C15H24N2O2S. The number of carbonyl (C=O) groups is 1. The molecule has 0 radical (unpaired) electrons. The van der Waals surface area contributed by atoms with E-state index >= 15 is 0 Å². The standard InChI is InChI=1S/C15H24N2O2S/c1-11-12(16)7-5-8-13(11)17-14(18)9-6-10-20(19)15(2,3)4/h5,7-8H,6,9-10,16H2,1-4H3,(H,17,18). The van der Waals surface area contributed by atoms with Crippen LogP contribution in [-0.2, 0) is 15.6 Å². The van der Waals surface area contributed by atoms with Gasteiger partial charge >= 0.3 is 0 Å². The number of nitrogens with two attached hydrogens (primary N) is 1. The first-order valence-electron chi connectivity index (χ1n) is 6.75. The van der Waals surface area contributed by atoms with Gasteiger partial charge in [0.15, 0.2) is 0 Å². The second kappa shape index (κ2) is 6.88. The summed E-state index contributed by atoms with van der Waals surface area (Å²) in [4.78, 5) is 11.9. The smallest absolute Gasteiger partial charge is 0.224 e. The van der Waals surface area contributed by atoms with Gasteiger partial charge < -0.3 is 11.1 Å². The molecule has 20 heavy (non-hydrogen) atoms. The van der Waals surface area contributed by atoms with E-state index in [1.54, 1.807) is 6.07 Å². The maximum atomic E-state index is 11.9. The Morgan fingerprint density at radius 2 is 2.00 bits per heavy atom. The zero-order chi connectivity index (χ0) is 15.3. The fraction of sp³-hybridized carbons (Fsp3) is 0.533. The lowest BCUT2D eigenvalue weighted by atomic mass is 10.1. The van der Waals surface area contributed by atoms with Crippen molar-refractivity contribution in [1.82, 2.24) is 0 Å². The minimum atomic E-state index is -0.908. The van der Waals surface area contributed by atoms with Gasteiger partial charge in [0.25, 0.3) is 0 Å². The number of carbonyl (C=O) groups excluding carboxylic acids is 1. The van der Waals surface area contributed by atoms with Gasteiger partial charge in [0.2, 0.25) is 5.91 Å². The first-order chi connectivity index (χ1) is 9.21. The number of hydrogen-bond acceptors (Lipinski definition) is 3. The number of nitrogens with one attached hydrogen (secondary N) is 1. The van der Waals surface area contributed by atoms with Crippen molar-refractivity contribution in [3.8, 4) is 0 Å². The molecule has 3 N–H and O–H groups in total. The number of benzene rings is 1. The Morgan fingerprint density at radius 3 is 2.60 bits per heavy atom. The van der Waals surface area contributed by atoms with Crippen LogP contribution in [0.1, 0.15) is 39.2 Å². The SMILES string of the molecule is Cc1c(N)cccc1NC(=O)CCCS(=O)C(C)(C)C. The molecule has 0 aliphatic rings. The molecule has 1 aromatic rings. The molecule has 1 amide bonds. The van der Waals surface area contributed by atoms with Crippen molar-refractivity contribution in [2.24, 2.45) is 0 Å². The Bertz CT molecular complexity index is 507. The lowest BCUT2D eigenvalue weighted by Crippen LogP contribution is -2.24. The van der Waals surface area contributed by atoms with E-state index in [0.717, 1.165) is 11.3 Å². The summed E-state index contributed by atoms with van der Waals surface area (Å²) in [7, 11) is -0.908. The molecule has 1 unspecified atom stereocenters. The molecule has 5 heteroatoms. The van der Waals surface area contributed by atoms with E-state index in [2.05, 4.69) is 5.32 Å². The van der Waals surface area contributed by atoms with Gasteiger partial charge in [0, 0.05) is 39.1 Å². The van der Waals surface area contributed by atoms with Crippen LogP contribution in [0.3, 0.4) is 0 Å². The Kier molecular flexibility index (Phi) is 5.74. The van der Waals surface area contributed by atoms with Crippen molar-refractivity contribution >= 4 is 28.1 Å². The van der Waals surface area contributed by atoms with Crippen molar-refractivity contribution in [3.63, 3.8) is 0 Å². The van der Waals surface area contributed by atoms with Gasteiger partial charge in [-0.15, -0.1) is 0 Å². The zero-order valence-corrected chi connectivity index (χ0v) is 13.5. The van der Waals surface area contributed by atoms with E-state index in [4.69, 9.17) is 5.73 Å². The Hall–Kier alpha value is -1.36. The van der Waals surface area contributed by atoms with Crippen LogP contribution < -0.4 is 11.1 Å². The molecule has 0 bridgehead atoms. The highest BCUT2D eigenvalue weighted by molar-refractivity contribution is 7.86. The maximum Gasteiger partial charge on any atom is 0.224 e. The van der Waals surface area contributed by atoms with Crippen molar-refractivity contribution in [2.45, 2.75) is 45.3 Å². The number of nitrogen functional groups attached to an aromatic ring is 1. The van der Waals surface area contributed by atoms with Crippen LogP contribution in [0.15, 0.2) is 18.2 Å². The molecule has 1 atom stereocenters. The fourth-order valence-electron chi connectivity index (χ4n) is 1.67. The Balaban J connectivity index is 2.45. The molecule has 0 aromatic heterocycles. The van der Waals surface area contributed by atoms with E-state index in [-0.39, 0.29) is 10.7 Å². The molecule has 0 saturated heterocycles. The third-order valence-corrected chi connectivity index (χ3v) is 5.09. The summed E-state index contributed by atoms with van der Waals surface area (Å²) in [5, 5.41) is 2.85. The molecule has 1 rings (SSSR count). The Labute approximate surface area is 123 Å². The van der Waals surface area contributed by atoms with Crippen LogP contribution in [0.4, 0.5) is 11.4 Å². The van der Waals surface area contributed by atoms with E-state index in [1.165, 1.54) is 0 Å². The quantitative estimate of drug-likeness (QED) is 0.821. The monoisotopic (exact) mass is 296 g/mol. The largest absolute Gasteiger partial charge is 0.398 e. The number of amides is 1. The average Bonchev–Trinajstić information content (AvgIpc) is 2.33. The summed E-state index contributed by atoms with van der Waals surface area (Å²) >= 11 is 0. The van der Waals surface area contributed by atoms with Crippen LogP contribution in [0.5, 0.6) is 0 Å². The van der Waals surface area contributed by atoms with Gasteiger partial charge in [-0.2, -0.15) is 0 Å². The molecule has 0 spiro atoms. The summed E-state index contributed by atoms with van der Waals surface area (Å²) in [6.45, 7) is 7.71. The van der Waals surface area contributed by atoms with Gasteiger partial charge in [-0.25, -0.2) is 0 Å². The third kappa shape index (κ3) is 4.96. The highest BCUT2D eigenvalue weighted by atomic mass is 32.2. The predicted molar refractivity (Wildman–Crippen MR) is 86.2 cm³/mol. The molecule has 0 aliphatic heterocycles. The molecule has 0 saturated carbocycles. The van der Waals surface area contributed by atoms with E-state index in [1.807, 2.05) is 39.8 Å². The molecule has 0 aliphatic carbocycles. The van der Waals surface area contributed by atoms with Gasteiger partial charge in [-0.05, 0) is 51.8 Å². The average molecular weight is 296 g/mol. The summed E-state index contributed by atoms with van der Waals surface area (Å²) < 4.78 is 11.6. The summed E-state index contributed by atoms with van der Waals surface area (Å²) in [5.74, 6) is 0.483. The molecular weight excluding hydrogens is 272 g/mol. The van der Waals surface area contributed by atoms with Crippen LogP contribution in [-0.4, -0.2) is 20.6 Å². The summed E-state index contributed by atoms with van der Waals surface area (Å²) in [6.07, 6.45) is 0.993. The lowest BCUT2D eigenvalue weighted by Gasteiger charge is -2.17. The topological polar surface area (TPSA) is 72.2 Å². The van der Waals surface area contributed by atoms with Crippen LogP contribution in [0.2, 0.25) is 0 Å². The second-order valence-corrected chi connectivity index (χ2v) is 8.16. The maximum absolute atomic E-state index is 11.9. The number of rotatable bonds is 5. The first kappa shape index (κ1) is 16.7. The molecule has 4 nitrogen and oxygen atoms in total. The van der Waals surface area contributed by atoms with Crippen molar-refractivity contribution in [1.29, 1.82) is 0 Å². The van der Waals surface area contributed by atoms with Gasteiger partial charge in [-0.1, -0.05) is 6.07 Å². The van der Waals surface area contributed by atoms with Crippen molar-refractivity contribution in [3.05, 3.63) is 23.8 Å². The highest BCUT2D eigenvalue weighted by Gasteiger charge is 2.19. The lowest BCUT2D eigenvalue weighted by molar-refractivity contribution is -0.116. The summed E-state index contributed by atoms with van der Waals surface area (Å²) in [6, 6.07) is 5.45. The second-order valence-electron chi connectivity index (χ2n) is 5.83. The van der Waals surface area contributed by atoms with Gasteiger partial charge in [0.1, 0.15) is 0 Å². The molecule has 1 aromatic carbocycles. The first-order valence-corrected chi connectivity index (χ1v) is 8.07. The van der Waals surface area contributed by atoms with Crippen LogP contribution in [0.25, 0.3) is 0 Å². The van der Waals surface area contributed by atoms with Gasteiger partial charge in [-0.3, -0.25) is 9.00 Å². The fourth-order valence-corrected chi connectivity index (χ4v) is 2.69. The summed E-state index contributed by atoms with van der Waals surface area (Å²) in [5.41, 5.74) is 8.07. The van der Waals surface area contributed by atoms with E-state index < -0.39 is 10.8 Å².